The molecule has 0 radical (unpaired) electrons. The molecule has 1 saturated heterocycles. The van der Waals surface area contributed by atoms with E-state index in [2.05, 4.69) is 17.4 Å². The first-order valence-corrected chi connectivity index (χ1v) is 9.54. The highest BCUT2D eigenvalue weighted by Gasteiger charge is 2.21. The fraction of sp³-hybridized carbons (Fsp3) is 0.167. The molecule has 0 unspecified atom stereocenters. The highest BCUT2D eigenvalue weighted by molar-refractivity contribution is 5.95. The number of carbonyl (C=O) groups is 2. The molecule has 1 aliphatic heterocycles. The van der Waals surface area contributed by atoms with Crippen LogP contribution in [0, 0.1) is 0 Å². The van der Waals surface area contributed by atoms with Crippen molar-refractivity contribution in [2.24, 2.45) is 0 Å². The molecule has 1 N–H and O–H groups in total. The van der Waals surface area contributed by atoms with Gasteiger partial charge in [0.15, 0.2) is 0 Å². The number of amides is 2. The number of nitrogens with zero attached hydrogens (tertiary/aromatic N) is 1. The maximum atomic E-state index is 12.4. The highest BCUT2D eigenvalue weighted by Crippen LogP contribution is 2.23. The Kier molecular flexibility index (Phi) is 5.20. The largest absolute Gasteiger partial charge is 0.326 e. The molecule has 2 amide bonds. The van der Waals surface area contributed by atoms with E-state index in [0.717, 1.165) is 41.0 Å². The van der Waals surface area contributed by atoms with Gasteiger partial charge in [0.05, 0.1) is 6.42 Å². The predicted octanol–water partition coefficient (Wildman–Crippen LogP) is 4.66. The third-order valence-electron chi connectivity index (χ3n) is 4.96. The third-order valence-corrected chi connectivity index (χ3v) is 4.96. The summed E-state index contributed by atoms with van der Waals surface area (Å²) < 4.78 is 0. The Morgan fingerprint density at radius 1 is 0.857 bits per heavy atom. The van der Waals surface area contributed by atoms with Gasteiger partial charge in [0.1, 0.15) is 0 Å². The summed E-state index contributed by atoms with van der Waals surface area (Å²) in [7, 11) is 0. The average Bonchev–Trinajstić information content (AvgIpc) is 3.16. The van der Waals surface area contributed by atoms with E-state index in [1.807, 2.05) is 66.7 Å². The van der Waals surface area contributed by atoms with Crippen LogP contribution in [-0.2, 0) is 16.0 Å². The summed E-state index contributed by atoms with van der Waals surface area (Å²) in [6.45, 7) is 0.775. The summed E-state index contributed by atoms with van der Waals surface area (Å²) in [6.07, 6.45) is 1.83. The predicted molar refractivity (Wildman–Crippen MR) is 112 cm³/mol. The van der Waals surface area contributed by atoms with Crippen LogP contribution < -0.4 is 10.2 Å². The molecule has 0 aromatic heterocycles. The van der Waals surface area contributed by atoms with E-state index < -0.39 is 0 Å². The monoisotopic (exact) mass is 370 g/mol. The molecule has 1 aliphatic rings. The van der Waals surface area contributed by atoms with Crippen LogP contribution in [0.4, 0.5) is 11.4 Å². The Morgan fingerprint density at radius 3 is 2.18 bits per heavy atom. The van der Waals surface area contributed by atoms with E-state index in [0.29, 0.717) is 12.8 Å². The molecule has 4 nitrogen and oxygen atoms in total. The Hall–Kier alpha value is -3.40. The zero-order valence-electron chi connectivity index (χ0n) is 15.6. The smallest absolute Gasteiger partial charge is 0.228 e. The van der Waals surface area contributed by atoms with Gasteiger partial charge < -0.3 is 10.2 Å². The first-order valence-electron chi connectivity index (χ1n) is 9.54. The van der Waals surface area contributed by atoms with Gasteiger partial charge in [-0.2, -0.15) is 0 Å². The molecule has 0 aliphatic carbocycles. The minimum atomic E-state index is -0.0579. The summed E-state index contributed by atoms with van der Waals surface area (Å²) in [4.78, 5) is 26.0. The lowest BCUT2D eigenvalue weighted by atomic mass is 10.1. The summed E-state index contributed by atoms with van der Waals surface area (Å²) in [5, 5.41) is 2.94. The van der Waals surface area contributed by atoms with Crippen LogP contribution in [0.25, 0.3) is 11.1 Å². The van der Waals surface area contributed by atoms with Gasteiger partial charge in [-0.05, 0) is 47.4 Å². The molecule has 4 heteroatoms. The van der Waals surface area contributed by atoms with Crippen molar-refractivity contribution >= 4 is 23.2 Å². The second-order valence-electron chi connectivity index (χ2n) is 6.98. The maximum absolute atomic E-state index is 12.4. The lowest BCUT2D eigenvalue weighted by Crippen LogP contribution is -2.23. The van der Waals surface area contributed by atoms with Crippen LogP contribution in [0.15, 0.2) is 78.9 Å². The summed E-state index contributed by atoms with van der Waals surface area (Å²) >= 11 is 0. The van der Waals surface area contributed by atoms with Crippen LogP contribution >= 0.6 is 0 Å². The van der Waals surface area contributed by atoms with Gasteiger partial charge in [-0.25, -0.2) is 0 Å². The van der Waals surface area contributed by atoms with Crippen molar-refractivity contribution in [1.29, 1.82) is 0 Å². The second-order valence-corrected chi connectivity index (χ2v) is 6.98. The minimum Gasteiger partial charge on any atom is -0.326 e. The Labute approximate surface area is 164 Å². The normalized spacial score (nSPS) is 13.6. The molecule has 3 aromatic carbocycles. The molecule has 4 rings (SSSR count). The van der Waals surface area contributed by atoms with Crippen LogP contribution in [0.1, 0.15) is 18.4 Å². The fourth-order valence-corrected chi connectivity index (χ4v) is 3.48. The number of anilines is 2. The zero-order chi connectivity index (χ0) is 19.3. The van der Waals surface area contributed by atoms with Crippen LogP contribution in [0.2, 0.25) is 0 Å². The first-order chi connectivity index (χ1) is 13.7. The summed E-state index contributed by atoms with van der Waals surface area (Å²) in [5.74, 6) is 0.113. The highest BCUT2D eigenvalue weighted by atomic mass is 16.2. The standard InChI is InChI=1S/C24H22N2O2/c27-23(17-18-8-14-22(15-9-18)26-16-4-7-24(26)28)25-21-12-10-20(11-13-21)19-5-2-1-3-6-19/h1-3,5-6,8-15H,4,7,16-17H2,(H,25,27). The molecule has 28 heavy (non-hydrogen) atoms. The third kappa shape index (κ3) is 4.12. The van der Waals surface area contributed by atoms with Crippen molar-refractivity contribution in [2.75, 3.05) is 16.8 Å². The quantitative estimate of drug-likeness (QED) is 0.710. The number of hydrogen-bond acceptors (Lipinski definition) is 2. The Morgan fingerprint density at radius 2 is 1.54 bits per heavy atom. The van der Waals surface area contributed by atoms with E-state index in [4.69, 9.17) is 0 Å². The van der Waals surface area contributed by atoms with Gasteiger partial charge >= 0.3 is 0 Å². The van der Waals surface area contributed by atoms with Crippen LogP contribution in [-0.4, -0.2) is 18.4 Å². The molecule has 3 aromatic rings. The van der Waals surface area contributed by atoms with Gasteiger partial charge in [-0.1, -0.05) is 54.6 Å². The SMILES string of the molecule is O=C(Cc1ccc(N2CCCC2=O)cc1)Nc1ccc(-c2ccccc2)cc1. The van der Waals surface area contributed by atoms with E-state index >= 15 is 0 Å². The first kappa shape index (κ1) is 18.0. The van der Waals surface area contributed by atoms with Crippen molar-refractivity contribution in [3.63, 3.8) is 0 Å². The van der Waals surface area contributed by atoms with Crippen LogP contribution in [0.3, 0.4) is 0 Å². The maximum Gasteiger partial charge on any atom is 0.228 e. The minimum absolute atomic E-state index is 0.0579. The van der Waals surface area contributed by atoms with Crippen molar-refractivity contribution in [3.05, 3.63) is 84.4 Å². The number of carbonyl (C=O) groups excluding carboxylic acids is 2. The number of nitrogens with one attached hydrogen (secondary N) is 1. The van der Waals surface area contributed by atoms with E-state index in [9.17, 15) is 9.59 Å². The molecule has 1 heterocycles. The summed E-state index contributed by atoms with van der Waals surface area (Å²) in [6, 6.07) is 25.7. The van der Waals surface area contributed by atoms with Crippen molar-refractivity contribution < 1.29 is 9.59 Å². The molecule has 0 atom stereocenters. The van der Waals surface area contributed by atoms with E-state index in [-0.39, 0.29) is 11.8 Å². The molecule has 0 spiro atoms. The molecular weight excluding hydrogens is 348 g/mol. The molecule has 140 valence electrons. The zero-order valence-corrected chi connectivity index (χ0v) is 15.6. The molecule has 1 fully saturated rings. The second kappa shape index (κ2) is 8.09. The Balaban J connectivity index is 1.36. The van der Waals surface area contributed by atoms with Crippen molar-refractivity contribution in [2.45, 2.75) is 19.3 Å². The number of rotatable bonds is 5. The topological polar surface area (TPSA) is 49.4 Å². The molecular formula is C24H22N2O2. The average molecular weight is 370 g/mol. The van der Waals surface area contributed by atoms with Gasteiger partial charge in [-0.3, -0.25) is 9.59 Å². The summed E-state index contributed by atoms with van der Waals surface area (Å²) in [5.41, 5.74) is 4.88. The van der Waals surface area contributed by atoms with Gasteiger partial charge in [0.25, 0.3) is 0 Å². The molecule has 0 bridgehead atoms. The van der Waals surface area contributed by atoms with Gasteiger partial charge in [0.2, 0.25) is 11.8 Å². The lowest BCUT2D eigenvalue weighted by Gasteiger charge is -2.15. The lowest BCUT2D eigenvalue weighted by molar-refractivity contribution is -0.117. The van der Waals surface area contributed by atoms with Crippen molar-refractivity contribution in [1.82, 2.24) is 0 Å². The van der Waals surface area contributed by atoms with E-state index in [1.54, 1.807) is 4.90 Å². The Bertz CT molecular complexity index is 964. The fourth-order valence-electron chi connectivity index (χ4n) is 3.48. The molecule has 0 saturated carbocycles. The van der Waals surface area contributed by atoms with Crippen LogP contribution in [0.5, 0.6) is 0 Å². The number of benzene rings is 3. The number of hydrogen-bond donors (Lipinski definition) is 1. The van der Waals surface area contributed by atoms with Crippen molar-refractivity contribution in [3.8, 4) is 11.1 Å². The van der Waals surface area contributed by atoms with E-state index in [1.165, 1.54) is 0 Å². The van der Waals surface area contributed by atoms with Gasteiger partial charge in [0, 0.05) is 24.3 Å². The van der Waals surface area contributed by atoms with Gasteiger partial charge in [-0.15, -0.1) is 0 Å².